The molecule has 0 atom stereocenters. The topological polar surface area (TPSA) is 111 Å². The molecule has 1 aromatic carbocycles. The lowest BCUT2D eigenvalue weighted by Gasteiger charge is -2.15. The van der Waals surface area contributed by atoms with Gasteiger partial charge in [-0.3, -0.25) is 15.0 Å². The lowest BCUT2D eigenvalue weighted by molar-refractivity contribution is -0.384. The van der Waals surface area contributed by atoms with Gasteiger partial charge in [0.05, 0.1) is 18.0 Å². The SMILES string of the molecule is CN(Cc1noc(CN)n1)Cc1cc([N+](=O)[O-])ccc1Cl.Cl. The Labute approximate surface area is 137 Å². The number of hydrogen-bond acceptors (Lipinski definition) is 7. The Morgan fingerprint density at radius 3 is 2.77 bits per heavy atom. The number of halogens is 2. The van der Waals surface area contributed by atoms with E-state index in [0.29, 0.717) is 35.4 Å². The van der Waals surface area contributed by atoms with Gasteiger partial charge in [-0.2, -0.15) is 4.98 Å². The smallest absolute Gasteiger partial charge is 0.269 e. The first-order chi connectivity index (χ1) is 9.99. The van der Waals surface area contributed by atoms with Crippen molar-refractivity contribution < 1.29 is 9.45 Å². The lowest BCUT2D eigenvalue weighted by atomic mass is 10.2. The number of aromatic nitrogens is 2. The second-order valence-corrected chi connectivity index (χ2v) is 4.92. The summed E-state index contributed by atoms with van der Waals surface area (Å²) in [5, 5.41) is 15.0. The van der Waals surface area contributed by atoms with Crippen LogP contribution in [0.15, 0.2) is 22.7 Å². The highest BCUT2D eigenvalue weighted by atomic mass is 35.5. The minimum Gasteiger partial charge on any atom is -0.338 e. The van der Waals surface area contributed by atoms with Crippen molar-refractivity contribution in [1.82, 2.24) is 15.0 Å². The summed E-state index contributed by atoms with van der Waals surface area (Å²) in [6.07, 6.45) is 0. The van der Waals surface area contributed by atoms with Crippen molar-refractivity contribution in [3.05, 3.63) is 50.6 Å². The number of hydrogen-bond donors (Lipinski definition) is 1. The molecule has 2 rings (SSSR count). The molecule has 10 heteroatoms. The van der Waals surface area contributed by atoms with E-state index in [1.807, 2.05) is 11.9 Å². The van der Waals surface area contributed by atoms with Crippen molar-refractivity contribution in [1.29, 1.82) is 0 Å². The third-order valence-electron chi connectivity index (χ3n) is 2.78. The largest absolute Gasteiger partial charge is 0.338 e. The molecular weight excluding hydrogens is 333 g/mol. The van der Waals surface area contributed by atoms with Crippen LogP contribution < -0.4 is 5.73 Å². The van der Waals surface area contributed by atoms with Crippen molar-refractivity contribution in [2.45, 2.75) is 19.6 Å². The molecule has 120 valence electrons. The summed E-state index contributed by atoms with van der Waals surface area (Å²) in [6.45, 7) is 1.03. The summed E-state index contributed by atoms with van der Waals surface area (Å²) < 4.78 is 4.91. The van der Waals surface area contributed by atoms with Gasteiger partial charge in [0.2, 0.25) is 5.89 Å². The number of rotatable bonds is 6. The van der Waals surface area contributed by atoms with Gasteiger partial charge in [-0.25, -0.2) is 0 Å². The molecule has 2 aromatic rings. The Kier molecular flexibility index (Phi) is 6.69. The van der Waals surface area contributed by atoms with Crippen molar-refractivity contribution in [3.63, 3.8) is 0 Å². The molecule has 1 aromatic heterocycles. The highest BCUT2D eigenvalue weighted by Gasteiger charge is 2.13. The van der Waals surface area contributed by atoms with E-state index in [9.17, 15) is 10.1 Å². The fourth-order valence-electron chi connectivity index (χ4n) is 1.82. The molecule has 8 nitrogen and oxygen atoms in total. The first kappa shape index (κ1) is 18.3. The molecule has 0 bridgehead atoms. The summed E-state index contributed by atoms with van der Waals surface area (Å²) in [7, 11) is 1.83. The minimum atomic E-state index is -0.452. The summed E-state index contributed by atoms with van der Waals surface area (Å²) in [5.74, 6) is 0.867. The molecule has 0 aliphatic carbocycles. The molecule has 0 saturated carbocycles. The van der Waals surface area contributed by atoms with Crippen LogP contribution in [0.1, 0.15) is 17.3 Å². The zero-order valence-corrected chi connectivity index (χ0v) is 13.3. The predicted molar refractivity (Wildman–Crippen MR) is 82.7 cm³/mol. The molecule has 0 aliphatic rings. The van der Waals surface area contributed by atoms with Crippen LogP contribution in [-0.2, 0) is 19.6 Å². The predicted octanol–water partition coefficient (Wildman–Crippen LogP) is 2.14. The van der Waals surface area contributed by atoms with Gasteiger partial charge in [-0.05, 0) is 18.7 Å². The molecular formula is C12H15Cl2N5O3. The molecule has 0 unspecified atom stereocenters. The van der Waals surface area contributed by atoms with Crippen LogP contribution in [0.4, 0.5) is 5.69 Å². The van der Waals surface area contributed by atoms with Crippen LogP contribution in [0.25, 0.3) is 0 Å². The Hall–Kier alpha value is -1.74. The standard InChI is InChI=1S/C12H14ClN5O3.ClH/c1-17(7-11-15-12(5-14)21-16-11)6-8-4-9(18(19)20)2-3-10(8)13;/h2-4H,5-7,14H2,1H3;1H. The second-order valence-electron chi connectivity index (χ2n) is 4.51. The normalized spacial score (nSPS) is 10.5. The fourth-order valence-corrected chi connectivity index (χ4v) is 2.00. The lowest BCUT2D eigenvalue weighted by Crippen LogP contribution is -2.18. The van der Waals surface area contributed by atoms with Crippen molar-refractivity contribution in [2.24, 2.45) is 5.73 Å². The maximum atomic E-state index is 10.8. The zero-order valence-electron chi connectivity index (χ0n) is 11.7. The second kappa shape index (κ2) is 8.04. The summed E-state index contributed by atoms with van der Waals surface area (Å²) in [6, 6.07) is 4.35. The number of nitrogens with zero attached hydrogens (tertiary/aromatic N) is 4. The van der Waals surface area contributed by atoms with Crippen molar-refractivity contribution in [3.8, 4) is 0 Å². The molecule has 0 radical (unpaired) electrons. The van der Waals surface area contributed by atoms with Gasteiger partial charge in [0.1, 0.15) is 0 Å². The average Bonchev–Trinajstić information content (AvgIpc) is 2.88. The number of nitro benzene ring substituents is 1. The number of nitrogens with two attached hydrogens (primary N) is 1. The van der Waals surface area contributed by atoms with Gasteiger partial charge in [0, 0.05) is 23.7 Å². The zero-order chi connectivity index (χ0) is 15.4. The molecule has 2 N–H and O–H groups in total. The molecule has 0 amide bonds. The van der Waals surface area contributed by atoms with Gasteiger partial charge < -0.3 is 10.3 Å². The third-order valence-corrected chi connectivity index (χ3v) is 3.15. The Bertz CT molecular complexity index is 649. The maximum Gasteiger partial charge on any atom is 0.269 e. The van der Waals surface area contributed by atoms with E-state index in [-0.39, 0.29) is 24.6 Å². The quantitative estimate of drug-likeness (QED) is 0.629. The van der Waals surface area contributed by atoms with Crippen LogP contribution in [-0.4, -0.2) is 27.0 Å². The van der Waals surface area contributed by atoms with E-state index in [4.69, 9.17) is 21.9 Å². The van der Waals surface area contributed by atoms with Gasteiger partial charge >= 0.3 is 0 Å². The van der Waals surface area contributed by atoms with E-state index in [1.54, 1.807) is 0 Å². The summed E-state index contributed by atoms with van der Waals surface area (Å²) >= 11 is 6.06. The molecule has 0 saturated heterocycles. The van der Waals surface area contributed by atoms with E-state index in [2.05, 4.69) is 10.1 Å². The summed E-state index contributed by atoms with van der Waals surface area (Å²) in [4.78, 5) is 16.3. The van der Waals surface area contributed by atoms with Crippen LogP contribution in [0.2, 0.25) is 5.02 Å². The van der Waals surface area contributed by atoms with Crippen LogP contribution in [0, 0.1) is 10.1 Å². The van der Waals surface area contributed by atoms with E-state index in [1.165, 1.54) is 18.2 Å². The van der Waals surface area contributed by atoms with Crippen molar-refractivity contribution >= 4 is 29.7 Å². The third kappa shape index (κ3) is 4.63. The van der Waals surface area contributed by atoms with Gasteiger partial charge in [-0.15, -0.1) is 12.4 Å². The van der Waals surface area contributed by atoms with E-state index >= 15 is 0 Å². The van der Waals surface area contributed by atoms with Gasteiger partial charge in [0.15, 0.2) is 5.82 Å². The number of benzene rings is 1. The molecule has 22 heavy (non-hydrogen) atoms. The minimum absolute atomic E-state index is 0. The molecule has 0 aliphatic heterocycles. The first-order valence-corrected chi connectivity index (χ1v) is 6.50. The van der Waals surface area contributed by atoms with E-state index in [0.717, 1.165) is 0 Å². The Morgan fingerprint density at radius 2 is 2.18 bits per heavy atom. The van der Waals surface area contributed by atoms with Crippen LogP contribution >= 0.6 is 24.0 Å². The Morgan fingerprint density at radius 1 is 1.45 bits per heavy atom. The number of nitro groups is 1. The highest BCUT2D eigenvalue weighted by molar-refractivity contribution is 6.31. The first-order valence-electron chi connectivity index (χ1n) is 6.12. The summed E-state index contributed by atoms with van der Waals surface area (Å²) in [5.41, 5.74) is 6.06. The van der Waals surface area contributed by atoms with Crippen LogP contribution in [0.3, 0.4) is 0 Å². The fraction of sp³-hybridized carbons (Fsp3) is 0.333. The van der Waals surface area contributed by atoms with Gasteiger partial charge in [0.25, 0.3) is 5.69 Å². The molecule has 1 heterocycles. The highest BCUT2D eigenvalue weighted by Crippen LogP contribution is 2.23. The van der Waals surface area contributed by atoms with Crippen molar-refractivity contribution in [2.75, 3.05) is 7.05 Å². The molecule has 0 spiro atoms. The monoisotopic (exact) mass is 347 g/mol. The van der Waals surface area contributed by atoms with Gasteiger partial charge in [-0.1, -0.05) is 16.8 Å². The molecule has 0 fully saturated rings. The maximum absolute atomic E-state index is 10.8. The van der Waals surface area contributed by atoms with Crippen LogP contribution in [0.5, 0.6) is 0 Å². The number of non-ortho nitro benzene ring substituents is 1. The van der Waals surface area contributed by atoms with E-state index < -0.39 is 4.92 Å². The average molecular weight is 348 g/mol. The Balaban J connectivity index is 0.00000242.